The van der Waals surface area contributed by atoms with Gasteiger partial charge in [0, 0.05) is 6.20 Å². The summed E-state index contributed by atoms with van der Waals surface area (Å²) < 4.78 is 5.33. The van der Waals surface area contributed by atoms with Crippen molar-refractivity contribution in [2.75, 3.05) is 0 Å². The summed E-state index contributed by atoms with van der Waals surface area (Å²) in [6, 6.07) is 3.68. The van der Waals surface area contributed by atoms with Crippen LogP contribution in [-0.4, -0.2) is 15.1 Å². The SMILES string of the molecule is Brc1ncccc1-c1ncon1. The van der Waals surface area contributed by atoms with Crippen LogP contribution in [0.25, 0.3) is 11.4 Å². The smallest absolute Gasteiger partial charge is 0.214 e. The molecule has 12 heavy (non-hydrogen) atoms. The first-order valence-corrected chi connectivity index (χ1v) is 4.04. The molecule has 0 unspecified atom stereocenters. The molecule has 0 aliphatic heterocycles. The second kappa shape index (κ2) is 3.02. The number of hydrogen-bond donors (Lipinski definition) is 0. The topological polar surface area (TPSA) is 51.8 Å². The monoisotopic (exact) mass is 225 g/mol. The molecule has 2 aromatic rings. The van der Waals surface area contributed by atoms with Crippen LogP contribution in [0, 0.1) is 0 Å². The van der Waals surface area contributed by atoms with Crippen molar-refractivity contribution >= 4 is 15.9 Å². The van der Waals surface area contributed by atoms with Crippen molar-refractivity contribution in [3.8, 4) is 11.4 Å². The quantitative estimate of drug-likeness (QED) is 0.696. The average Bonchev–Trinajstić information content (AvgIpc) is 2.57. The molecule has 0 spiro atoms. The van der Waals surface area contributed by atoms with E-state index in [-0.39, 0.29) is 0 Å². The summed E-state index contributed by atoms with van der Waals surface area (Å²) in [5.41, 5.74) is 0.825. The van der Waals surface area contributed by atoms with E-state index in [4.69, 9.17) is 0 Å². The van der Waals surface area contributed by atoms with E-state index in [1.54, 1.807) is 6.20 Å². The zero-order chi connectivity index (χ0) is 8.39. The molecule has 0 radical (unpaired) electrons. The van der Waals surface area contributed by atoms with Gasteiger partial charge >= 0.3 is 0 Å². The Morgan fingerprint density at radius 1 is 1.33 bits per heavy atom. The Labute approximate surface area is 76.8 Å². The van der Waals surface area contributed by atoms with E-state index in [1.165, 1.54) is 6.39 Å². The predicted molar refractivity (Wildman–Crippen MR) is 45.2 cm³/mol. The normalized spacial score (nSPS) is 10.1. The predicted octanol–water partition coefficient (Wildman–Crippen LogP) is 1.89. The zero-order valence-electron chi connectivity index (χ0n) is 5.94. The molecule has 0 atom stereocenters. The van der Waals surface area contributed by atoms with Crippen molar-refractivity contribution < 1.29 is 4.52 Å². The molecule has 5 heteroatoms. The summed E-state index contributed by atoms with van der Waals surface area (Å²) in [4.78, 5) is 7.93. The van der Waals surface area contributed by atoms with Crippen LogP contribution in [0.1, 0.15) is 0 Å². The molecule has 0 N–H and O–H groups in total. The van der Waals surface area contributed by atoms with Gasteiger partial charge in [0.15, 0.2) is 0 Å². The first-order chi connectivity index (χ1) is 5.88. The lowest BCUT2D eigenvalue weighted by atomic mass is 10.3. The molecular weight excluding hydrogens is 222 g/mol. The summed E-state index contributed by atoms with van der Waals surface area (Å²) in [5.74, 6) is 0.537. The molecule has 0 aliphatic carbocycles. The highest BCUT2D eigenvalue weighted by molar-refractivity contribution is 9.10. The second-order valence-electron chi connectivity index (χ2n) is 2.10. The highest BCUT2D eigenvalue weighted by Gasteiger charge is 2.06. The highest BCUT2D eigenvalue weighted by atomic mass is 79.9. The molecule has 0 saturated carbocycles. The van der Waals surface area contributed by atoms with E-state index in [2.05, 4.69) is 35.6 Å². The van der Waals surface area contributed by atoms with E-state index >= 15 is 0 Å². The number of aromatic nitrogens is 3. The van der Waals surface area contributed by atoms with Gasteiger partial charge in [-0.2, -0.15) is 4.98 Å². The molecule has 0 amide bonds. The van der Waals surface area contributed by atoms with Gasteiger partial charge in [-0.15, -0.1) is 0 Å². The van der Waals surface area contributed by atoms with E-state index in [0.29, 0.717) is 10.4 Å². The third kappa shape index (κ3) is 1.23. The fraction of sp³-hybridized carbons (Fsp3) is 0. The van der Waals surface area contributed by atoms with Crippen molar-refractivity contribution in [3.05, 3.63) is 29.3 Å². The first kappa shape index (κ1) is 7.42. The lowest BCUT2D eigenvalue weighted by Gasteiger charge is -1.94. The zero-order valence-corrected chi connectivity index (χ0v) is 7.52. The van der Waals surface area contributed by atoms with Crippen molar-refractivity contribution in [1.29, 1.82) is 0 Å². The lowest BCUT2D eigenvalue weighted by molar-refractivity contribution is 0.418. The highest BCUT2D eigenvalue weighted by Crippen LogP contribution is 2.21. The minimum Gasteiger partial charge on any atom is -0.342 e. The maximum Gasteiger partial charge on any atom is 0.214 e. The molecule has 4 nitrogen and oxygen atoms in total. The molecule has 2 aromatic heterocycles. The molecule has 0 aromatic carbocycles. The van der Waals surface area contributed by atoms with E-state index in [0.717, 1.165) is 5.56 Å². The van der Waals surface area contributed by atoms with Crippen LogP contribution in [0.15, 0.2) is 33.8 Å². The van der Waals surface area contributed by atoms with E-state index < -0.39 is 0 Å². The van der Waals surface area contributed by atoms with Crippen LogP contribution in [-0.2, 0) is 0 Å². The molecule has 0 saturated heterocycles. The van der Waals surface area contributed by atoms with Crippen LogP contribution >= 0.6 is 15.9 Å². The minimum atomic E-state index is 0.537. The minimum absolute atomic E-state index is 0.537. The number of rotatable bonds is 1. The van der Waals surface area contributed by atoms with Crippen LogP contribution < -0.4 is 0 Å². The van der Waals surface area contributed by atoms with Gasteiger partial charge < -0.3 is 4.52 Å². The van der Waals surface area contributed by atoms with Crippen molar-refractivity contribution in [2.45, 2.75) is 0 Å². The Balaban J connectivity index is 2.55. The van der Waals surface area contributed by atoms with E-state index in [1.807, 2.05) is 12.1 Å². The van der Waals surface area contributed by atoms with Gasteiger partial charge in [0.05, 0.1) is 5.56 Å². The molecule has 0 fully saturated rings. The number of halogens is 1. The van der Waals surface area contributed by atoms with Crippen molar-refractivity contribution in [2.24, 2.45) is 0 Å². The molecule has 0 aliphatic rings. The van der Waals surface area contributed by atoms with Gasteiger partial charge in [0.1, 0.15) is 4.60 Å². The molecular formula is C7H4BrN3O. The Bertz CT molecular complexity index is 374. The van der Waals surface area contributed by atoms with Gasteiger partial charge in [-0.05, 0) is 28.1 Å². The van der Waals surface area contributed by atoms with E-state index in [9.17, 15) is 0 Å². The van der Waals surface area contributed by atoms with Crippen LogP contribution in [0.4, 0.5) is 0 Å². The standard InChI is InChI=1S/C7H4BrN3O/c8-6-5(2-1-3-9-6)7-10-4-12-11-7/h1-4H. The maximum atomic E-state index is 4.61. The lowest BCUT2D eigenvalue weighted by Crippen LogP contribution is -1.83. The first-order valence-electron chi connectivity index (χ1n) is 3.25. The number of nitrogens with zero attached hydrogens (tertiary/aromatic N) is 3. The average molecular weight is 226 g/mol. The second-order valence-corrected chi connectivity index (χ2v) is 2.85. The summed E-state index contributed by atoms with van der Waals surface area (Å²) in [6.45, 7) is 0. The summed E-state index contributed by atoms with van der Waals surface area (Å²) >= 11 is 3.28. The maximum absolute atomic E-state index is 4.61. The van der Waals surface area contributed by atoms with Crippen LogP contribution in [0.3, 0.4) is 0 Å². The molecule has 2 heterocycles. The van der Waals surface area contributed by atoms with Crippen LogP contribution in [0.2, 0.25) is 0 Å². The van der Waals surface area contributed by atoms with Gasteiger partial charge in [-0.25, -0.2) is 4.98 Å². The van der Waals surface area contributed by atoms with Crippen LogP contribution in [0.5, 0.6) is 0 Å². The largest absolute Gasteiger partial charge is 0.342 e. The number of pyridine rings is 1. The van der Waals surface area contributed by atoms with Crippen molar-refractivity contribution in [3.63, 3.8) is 0 Å². The molecule has 2 rings (SSSR count). The van der Waals surface area contributed by atoms with Gasteiger partial charge in [0.25, 0.3) is 0 Å². The molecule has 60 valence electrons. The third-order valence-electron chi connectivity index (χ3n) is 1.36. The third-order valence-corrected chi connectivity index (χ3v) is 1.99. The Morgan fingerprint density at radius 3 is 2.92 bits per heavy atom. The van der Waals surface area contributed by atoms with Crippen molar-refractivity contribution in [1.82, 2.24) is 15.1 Å². The summed E-state index contributed by atoms with van der Waals surface area (Å²) in [6.07, 6.45) is 2.97. The number of hydrogen-bond acceptors (Lipinski definition) is 4. The Morgan fingerprint density at radius 2 is 2.25 bits per heavy atom. The fourth-order valence-corrected chi connectivity index (χ4v) is 1.27. The Kier molecular flexibility index (Phi) is 1.87. The molecule has 0 bridgehead atoms. The summed E-state index contributed by atoms with van der Waals surface area (Å²) in [5, 5.41) is 3.69. The summed E-state index contributed by atoms with van der Waals surface area (Å²) in [7, 11) is 0. The fourth-order valence-electron chi connectivity index (χ4n) is 0.842. The van der Waals surface area contributed by atoms with Gasteiger partial charge in [0.2, 0.25) is 12.2 Å². The van der Waals surface area contributed by atoms with Gasteiger partial charge in [-0.3, -0.25) is 0 Å². The van der Waals surface area contributed by atoms with Gasteiger partial charge in [-0.1, -0.05) is 5.16 Å². The Hall–Kier alpha value is -1.23.